The molecule has 0 amide bonds. The summed E-state index contributed by atoms with van der Waals surface area (Å²) < 4.78 is 27.6. The van der Waals surface area contributed by atoms with Crippen LogP contribution < -0.4 is 5.73 Å². The van der Waals surface area contributed by atoms with E-state index in [1.807, 2.05) is 0 Å². The first-order valence-electron chi connectivity index (χ1n) is 5.35. The van der Waals surface area contributed by atoms with Crippen LogP contribution in [0.15, 0.2) is 12.1 Å². The average Bonchev–Trinajstić information content (AvgIpc) is 2.98. The number of rotatable bonds is 4. The third-order valence-electron chi connectivity index (χ3n) is 3.27. The van der Waals surface area contributed by atoms with Crippen molar-refractivity contribution < 1.29 is 13.7 Å². The highest BCUT2D eigenvalue weighted by Gasteiger charge is 2.48. The van der Waals surface area contributed by atoms with Crippen LogP contribution in [-0.2, 0) is 5.41 Å². The van der Waals surface area contributed by atoms with E-state index in [4.69, 9.17) is 5.73 Å². The molecular formula is C11H12F2N2O2. The molecule has 2 rings (SSSR count). The van der Waals surface area contributed by atoms with Crippen molar-refractivity contribution in [2.45, 2.75) is 24.7 Å². The van der Waals surface area contributed by atoms with E-state index < -0.39 is 27.7 Å². The quantitative estimate of drug-likeness (QED) is 0.650. The molecule has 0 heterocycles. The normalized spacial score (nSPS) is 16.9. The zero-order valence-electron chi connectivity index (χ0n) is 9.08. The van der Waals surface area contributed by atoms with Gasteiger partial charge in [0.05, 0.1) is 4.92 Å². The second kappa shape index (κ2) is 4.03. The first-order chi connectivity index (χ1) is 8.02. The maximum Gasteiger partial charge on any atom is 0.305 e. The van der Waals surface area contributed by atoms with Crippen LogP contribution in [-0.4, -0.2) is 11.5 Å². The summed E-state index contributed by atoms with van der Waals surface area (Å²) in [5.74, 6) is -1.78. The molecule has 0 atom stereocenters. The van der Waals surface area contributed by atoms with Gasteiger partial charge in [-0.1, -0.05) is 0 Å². The first kappa shape index (κ1) is 11.9. The second-order valence-electron chi connectivity index (χ2n) is 4.33. The van der Waals surface area contributed by atoms with E-state index in [1.165, 1.54) is 0 Å². The minimum atomic E-state index is -1.05. The van der Waals surface area contributed by atoms with Crippen molar-refractivity contribution in [2.75, 3.05) is 6.54 Å². The van der Waals surface area contributed by atoms with E-state index in [1.54, 1.807) is 0 Å². The second-order valence-corrected chi connectivity index (χ2v) is 4.33. The lowest BCUT2D eigenvalue weighted by atomic mass is 9.91. The Kier molecular flexibility index (Phi) is 2.82. The summed E-state index contributed by atoms with van der Waals surface area (Å²) >= 11 is 0. The van der Waals surface area contributed by atoms with Gasteiger partial charge in [0.2, 0.25) is 5.82 Å². The number of nitrogens with two attached hydrogens (primary N) is 1. The minimum Gasteiger partial charge on any atom is -0.330 e. The maximum atomic E-state index is 13.9. The fourth-order valence-corrected chi connectivity index (χ4v) is 2.22. The molecule has 0 aromatic heterocycles. The molecule has 1 aromatic carbocycles. The zero-order valence-corrected chi connectivity index (χ0v) is 9.08. The van der Waals surface area contributed by atoms with Gasteiger partial charge in [-0.2, -0.15) is 4.39 Å². The van der Waals surface area contributed by atoms with Crippen LogP contribution in [0.5, 0.6) is 0 Å². The van der Waals surface area contributed by atoms with Crippen molar-refractivity contribution in [3.63, 3.8) is 0 Å². The summed E-state index contributed by atoms with van der Waals surface area (Å²) in [4.78, 5) is 9.77. The van der Waals surface area contributed by atoms with Crippen LogP contribution >= 0.6 is 0 Å². The van der Waals surface area contributed by atoms with Gasteiger partial charge in [-0.15, -0.1) is 0 Å². The van der Waals surface area contributed by atoms with Gasteiger partial charge in [0, 0.05) is 17.0 Å². The Balaban J connectivity index is 2.53. The van der Waals surface area contributed by atoms with Crippen LogP contribution in [0.4, 0.5) is 14.5 Å². The SMILES string of the molecule is NCCC1(c2c(F)ccc([N+](=O)[O-])c2F)CC1. The molecular weight excluding hydrogens is 230 g/mol. The van der Waals surface area contributed by atoms with Gasteiger partial charge >= 0.3 is 5.69 Å². The first-order valence-corrected chi connectivity index (χ1v) is 5.35. The van der Waals surface area contributed by atoms with Gasteiger partial charge in [0.1, 0.15) is 5.82 Å². The third kappa shape index (κ3) is 1.88. The van der Waals surface area contributed by atoms with Crippen molar-refractivity contribution in [3.05, 3.63) is 39.4 Å². The Hall–Kier alpha value is -1.56. The average molecular weight is 242 g/mol. The Morgan fingerprint density at radius 2 is 2.06 bits per heavy atom. The topological polar surface area (TPSA) is 69.2 Å². The summed E-state index contributed by atoms with van der Waals surface area (Å²) in [6.45, 7) is 0.307. The third-order valence-corrected chi connectivity index (χ3v) is 3.27. The molecule has 0 spiro atoms. The summed E-state index contributed by atoms with van der Waals surface area (Å²) in [7, 11) is 0. The molecule has 1 fully saturated rings. The molecule has 0 bridgehead atoms. The molecule has 1 aliphatic carbocycles. The lowest BCUT2D eigenvalue weighted by Crippen LogP contribution is -2.17. The molecule has 0 aliphatic heterocycles. The summed E-state index contributed by atoms with van der Waals surface area (Å²) in [5, 5.41) is 10.6. The van der Waals surface area contributed by atoms with E-state index in [0.717, 1.165) is 12.1 Å². The van der Waals surface area contributed by atoms with E-state index >= 15 is 0 Å². The number of halogens is 2. The van der Waals surface area contributed by atoms with Crippen LogP contribution in [0.2, 0.25) is 0 Å². The molecule has 92 valence electrons. The van der Waals surface area contributed by atoms with Gasteiger partial charge in [0.15, 0.2) is 0 Å². The molecule has 4 nitrogen and oxygen atoms in total. The van der Waals surface area contributed by atoms with Crippen LogP contribution in [0.25, 0.3) is 0 Å². The van der Waals surface area contributed by atoms with Gasteiger partial charge in [-0.05, 0) is 31.9 Å². The van der Waals surface area contributed by atoms with Crippen LogP contribution in [0.3, 0.4) is 0 Å². The van der Waals surface area contributed by atoms with Crippen LogP contribution in [0.1, 0.15) is 24.8 Å². The fraction of sp³-hybridized carbons (Fsp3) is 0.455. The highest BCUT2D eigenvalue weighted by atomic mass is 19.1. The van der Waals surface area contributed by atoms with Crippen molar-refractivity contribution in [2.24, 2.45) is 5.73 Å². The molecule has 1 aromatic rings. The van der Waals surface area contributed by atoms with Crippen molar-refractivity contribution in [3.8, 4) is 0 Å². The van der Waals surface area contributed by atoms with Crippen molar-refractivity contribution >= 4 is 5.69 Å². The van der Waals surface area contributed by atoms with Crippen LogP contribution in [0, 0.1) is 21.7 Å². The van der Waals surface area contributed by atoms with E-state index in [2.05, 4.69) is 0 Å². The molecule has 17 heavy (non-hydrogen) atoms. The Labute approximate surface area is 96.6 Å². The number of nitro benzene ring substituents is 1. The predicted octanol–water partition coefficient (Wildman–Crippen LogP) is 2.25. The molecule has 0 radical (unpaired) electrons. The van der Waals surface area contributed by atoms with Gasteiger partial charge in [-0.25, -0.2) is 4.39 Å². The molecule has 0 unspecified atom stereocenters. The van der Waals surface area contributed by atoms with Crippen molar-refractivity contribution in [1.82, 2.24) is 0 Å². The number of hydrogen-bond donors (Lipinski definition) is 1. The molecule has 1 saturated carbocycles. The van der Waals surface area contributed by atoms with Gasteiger partial charge in [-0.3, -0.25) is 10.1 Å². The summed E-state index contributed by atoms with van der Waals surface area (Å²) in [5.41, 5.74) is 3.94. The minimum absolute atomic E-state index is 0.169. The molecule has 1 aliphatic rings. The lowest BCUT2D eigenvalue weighted by Gasteiger charge is -2.16. The largest absolute Gasteiger partial charge is 0.330 e. The van der Waals surface area contributed by atoms with Gasteiger partial charge in [0.25, 0.3) is 0 Å². The monoisotopic (exact) mass is 242 g/mol. The Morgan fingerprint density at radius 1 is 1.41 bits per heavy atom. The molecule has 2 N–H and O–H groups in total. The smallest absolute Gasteiger partial charge is 0.305 e. The van der Waals surface area contributed by atoms with E-state index in [-0.39, 0.29) is 5.56 Å². The molecule has 0 saturated heterocycles. The van der Waals surface area contributed by atoms with E-state index in [0.29, 0.717) is 25.8 Å². The number of nitro groups is 1. The fourth-order valence-electron chi connectivity index (χ4n) is 2.22. The highest BCUT2D eigenvalue weighted by Crippen LogP contribution is 2.53. The number of nitrogens with zero attached hydrogens (tertiary/aromatic N) is 1. The molecule has 6 heteroatoms. The highest BCUT2D eigenvalue weighted by molar-refractivity contribution is 5.44. The van der Waals surface area contributed by atoms with Gasteiger partial charge < -0.3 is 5.73 Å². The number of benzene rings is 1. The Morgan fingerprint density at radius 3 is 2.53 bits per heavy atom. The summed E-state index contributed by atoms with van der Waals surface area (Å²) in [6, 6.07) is 1.81. The Bertz CT molecular complexity index is 473. The maximum absolute atomic E-state index is 13.9. The standard InChI is InChI=1S/C11H12F2N2O2/c12-7-1-2-8(15(16)17)10(13)9(7)11(3-4-11)5-6-14/h1-2H,3-6,14H2. The van der Waals surface area contributed by atoms with Crippen molar-refractivity contribution in [1.29, 1.82) is 0 Å². The number of hydrogen-bond acceptors (Lipinski definition) is 3. The predicted molar refractivity (Wildman–Crippen MR) is 57.6 cm³/mol. The summed E-state index contributed by atoms with van der Waals surface area (Å²) in [6.07, 6.45) is 1.69. The zero-order chi connectivity index (χ0) is 12.6. The van der Waals surface area contributed by atoms with E-state index in [9.17, 15) is 18.9 Å². The lowest BCUT2D eigenvalue weighted by molar-refractivity contribution is -0.387.